The number of amides is 1. The van der Waals surface area contributed by atoms with Crippen molar-refractivity contribution >= 4 is 17.5 Å². The van der Waals surface area contributed by atoms with Crippen LogP contribution in [0.1, 0.15) is 41.0 Å². The molecule has 0 aliphatic heterocycles. The van der Waals surface area contributed by atoms with Crippen LogP contribution in [0.15, 0.2) is 36.5 Å². The second-order valence-corrected chi connectivity index (χ2v) is 5.84. The standard InChI is InChI=1S/C16H16ClFN2O2/c17-12-6-3-10(8-13(12)18)15(21)9-19-16(22)14-2-1-7-20(14)11-4-5-11/h1-3,6-8,11,15,21H,4-5,9H2,(H,19,22). The van der Waals surface area contributed by atoms with E-state index in [1.807, 2.05) is 16.8 Å². The molecule has 1 aromatic heterocycles. The Balaban J connectivity index is 1.62. The van der Waals surface area contributed by atoms with E-state index < -0.39 is 11.9 Å². The Morgan fingerprint density at radius 3 is 2.91 bits per heavy atom. The Bertz CT molecular complexity index is 697. The molecule has 6 heteroatoms. The van der Waals surface area contributed by atoms with Crippen molar-refractivity contribution in [3.8, 4) is 0 Å². The summed E-state index contributed by atoms with van der Waals surface area (Å²) < 4.78 is 15.3. The van der Waals surface area contributed by atoms with Crippen LogP contribution in [-0.4, -0.2) is 22.1 Å². The molecule has 1 amide bonds. The second kappa shape index (κ2) is 6.10. The number of hydrogen-bond acceptors (Lipinski definition) is 2. The molecule has 0 bridgehead atoms. The molecular formula is C16H16ClFN2O2. The lowest BCUT2D eigenvalue weighted by Crippen LogP contribution is -2.30. The van der Waals surface area contributed by atoms with Crippen LogP contribution < -0.4 is 5.32 Å². The van der Waals surface area contributed by atoms with Crippen molar-refractivity contribution in [1.82, 2.24) is 9.88 Å². The van der Waals surface area contributed by atoms with Gasteiger partial charge in [0.1, 0.15) is 11.5 Å². The Labute approximate surface area is 132 Å². The van der Waals surface area contributed by atoms with E-state index in [1.165, 1.54) is 18.2 Å². The Morgan fingerprint density at radius 1 is 1.45 bits per heavy atom. The molecule has 2 aromatic rings. The lowest BCUT2D eigenvalue weighted by atomic mass is 10.1. The molecular weight excluding hydrogens is 307 g/mol. The number of aliphatic hydroxyl groups is 1. The smallest absolute Gasteiger partial charge is 0.268 e. The summed E-state index contributed by atoms with van der Waals surface area (Å²) in [6.07, 6.45) is 3.07. The van der Waals surface area contributed by atoms with Crippen LogP contribution in [0.5, 0.6) is 0 Å². The van der Waals surface area contributed by atoms with Crippen molar-refractivity contribution < 1.29 is 14.3 Å². The van der Waals surface area contributed by atoms with Gasteiger partial charge in [-0.05, 0) is 42.7 Å². The molecule has 1 saturated carbocycles. The summed E-state index contributed by atoms with van der Waals surface area (Å²) in [5.74, 6) is -0.836. The van der Waals surface area contributed by atoms with Gasteiger partial charge in [0.25, 0.3) is 5.91 Å². The van der Waals surface area contributed by atoms with E-state index in [2.05, 4.69) is 5.32 Å². The van der Waals surface area contributed by atoms with Crippen LogP contribution in [-0.2, 0) is 0 Å². The molecule has 0 radical (unpaired) electrons. The van der Waals surface area contributed by atoms with Crippen LogP contribution in [0.2, 0.25) is 5.02 Å². The fraction of sp³-hybridized carbons (Fsp3) is 0.312. The average Bonchev–Trinajstić information content (AvgIpc) is 3.24. The minimum Gasteiger partial charge on any atom is -0.387 e. The number of carbonyl (C=O) groups excluding carboxylic acids is 1. The molecule has 1 aromatic carbocycles. The quantitative estimate of drug-likeness (QED) is 0.889. The zero-order valence-electron chi connectivity index (χ0n) is 11.8. The fourth-order valence-electron chi connectivity index (χ4n) is 2.37. The maximum Gasteiger partial charge on any atom is 0.268 e. The monoisotopic (exact) mass is 322 g/mol. The van der Waals surface area contributed by atoms with Gasteiger partial charge in [-0.3, -0.25) is 4.79 Å². The molecule has 0 saturated heterocycles. The molecule has 1 heterocycles. The number of aliphatic hydroxyl groups excluding tert-OH is 1. The van der Waals surface area contributed by atoms with Gasteiger partial charge in [-0.25, -0.2) is 4.39 Å². The summed E-state index contributed by atoms with van der Waals surface area (Å²) in [7, 11) is 0. The normalized spacial score (nSPS) is 15.6. The van der Waals surface area contributed by atoms with E-state index in [0.717, 1.165) is 12.8 Å². The van der Waals surface area contributed by atoms with Crippen molar-refractivity contribution in [3.05, 3.63) is 58.6 Å². The molecule has 0 spiro atoms. The summed E-state index contributed by atoms with van der Waals surface area (Å²) in [5, 5.41) is 12.7. The van der Waals surface area contributed by atoms with Gasteiger partial charge in [0, 0.05) is 18.8 Å². The molecule has 1 aliphatic carbocycles. The molecule has 1 aliphatic rings. The first kappa shape index (κ1) is 15.1. The highest BCUT2D eigenvalue weighted by molar-refractivity contribution is 6.30. The molecule has 1 atom stereocenters. The van der Waals surface area contributed by atoms with Crippen molar-refractivity contribution in [2.75, 3.05) is 6.54 Å². The third-order valence-corrected chi connectivity index (χ3v) is 4.04. The first-order valence-electron chi connectivity index (χ1n) is 7.14. The first-order valence-corrected chi connectivity index (χ1v) is 7.52. The summed E-state index contributed by atoms with van der Waals surface area (Å²) in [5.41, 5.74) is 0.955. The summed E-state index contributed by atoms with van der Waals surface area (Å²) in [6, 6.07) is 8.09. The fourth-order valence-corrected chi connectivity index (χ4v) is 2.49. The van der Waals surface area contributed by atoms with Gasteiger partial charge in [0.2, 0.25) is 0 Å². The van der Waals surface area contributed by atoms with E-state index in [-0.39, 0.29) is 17.5 Å². The van der Waals surface area contributed by atoms with Gasteiger partial charge in [0.05, 0.1) is 11.1 Å². The summed E-state index contributed by atoms with van der Waals surface area (Å²) in [4.78, 5) is 12.2. The van der Waals surface area contributed by atoms with Gasteiger partial charge < -0.3 is 15.0 Å². The van der Waals surface area contributed by atoms with E-state index in [9.17, 15) is 14.3 Å². The van der Waals surface area contributed by atoms with Gasteiger partial charge in [-0.2, -0.15) is 0 Å². The number of aromatic nitrogens is 1. The number of hydrogen-bond donors (Lipinski definition) is 2. The SMILES string of the molecule is O=C(NCC(O)c1ccc(Cl)c(F)c1)c1cccn1C1CC1. The summed E-state index contributed by atoms with van der Waals surface area (Å²) in [6.45, 7) is 0.00967. The van der Waals surface area contributed by atoms with Gasteiger partial charge in [-0.1, -0.05) is 17.7 Å². The highest BCUT2D eigenvalue weighted by Crippen LogP contribution is 2.36. The number of benzene rings is 1. The van der Waals surface area contributed by atoms with Crippen molar-refractivity contribution in [1.29, 1.82) is 0 Å². The summed E-state index contributed by atoms with van der Waals surface area (Å²) >= 11 is 5.60. The Kier molecular flexibility index (Phi) is 4.18. The number of rotatable bonds is 5. The van der Waals surface area contributed by atoms with Crippen LogP contribution in [0.4, 0.5) is 4.39 Å². The molecule has 4 nitrogen and oxygen atoms in total. The van der Waals surface area contributed by atoms with Gasteiger partial charge >= 0.3 is 0 Å². The number of nitrogens with one attached hydrogen (secondary N) is 1. The third kappa shape index (κ3) is 3.15. The maximum absolute atomic E-state index is 13.4. The van der Waals surface area contributed by atoms with E-state index >= 15 is 0 Å². The molecule has 116 valence electrons. The molecule has 22 heavy (non-hydrogen) atoms. The van der Waals surface area contributed by atoms with Crippen LogP contribution >= 0.6 is 11.6 Å². The van der Waals surface area contributed by atoms with E-state index in [0.29, 0.717) is 17.3 Å². The highest BCUT2D eigenvalue weighted by atomic mass is 35.5. The third-order valence-electron chi connectivity index (χ3n) is 3.74. The maximum atomic E-state index is 13.4. The Morgan fingerprint density at radius 2 is 2.23 bits per heavy atom. The van der Waals surface area contributed by atoms with Gasteiger partial charge in [-0.15, -0.1) is 0 Å². The predicted molar refractivity (Wildman–Crippen MR) is 81.4 cm³/mol. The average molecular weight is 323 g/mol. The minimum absolute atomic E-state index is 0.00208. The zero-order chi connectivity index (χ0) is 15.7. The lowest BCUT2D eigenvalue weighted by Gasteiger charge is -2.13. The number of halogens is 2. The second-order valence-electron chi connectivity index (χ2n) is 5.43. The van der Waals surface area contributed by atoms with Crippen LogP contribution in [0, 0.1) is 5.82 Å². The number of carbonyl (C=O) groups is 1. The number of nitrogens with zero attached hydrogens (tertiary/aromatic N) is 1. The first-order chi connectivity index (χ1) is 10.6. The van der Waals surface area contributed by atoms with E-state index in [4.69, 9.17) is 11.6 Å². The van der Waals surface area contributed by atoms with Crippen LogP contribution in [0.3, 0.4) is 0 Å². The molecule has 1 fully saturated rings. The zero-order valence-corrected chi connectivity index (χ0v) is 12.6. The highest BCUT2D eigenvalue weighted by Gasteiger charge is 2.26. The topological polar surface area (TPSA) is 54.3 Å². The minimum atomic E-state index is -0.986. The Hall–Kier alpha value is -1.85. The van der Waals surface area contributed by atoms with Gasteiger partial charge in [0.15, 0.2) is 0 Å². The van der Waals surface area contributed by atoms with Crippen molar-refractivity contribution in [2.24, 2.45) is 0 Å². The predicted octanol–water partition coefficient (Wildman–Crippen LogP) is 3.08. The lowest BCUT2D eigenvalue weighted by molar-refractivity contribution is 0.0907. The molecule has 1 unspecified atom stereocenters. The van der Waals surface area contributed by atoms with Crippen molar-refractivity contribution in [3.63, 3.8) is 0 Å². The molecule has 3 rings (SSSR count). The van der Waals surface area contributed by atoms with E-state index in [1.54, 1.807) is 6.07 Å². The molecule has 2 N–H and O–H groups in total. The van der Waals surface area contributed by atoms with Crippen molar-refractivity contribution in [2.45, 2.75) is 25.0 Å². The largest absolute Gasteiger partial charge is 0.387 e. The van der Waals surface area contributed by atoms with Crippen LogP contribution in [0.25, 0.3) is 0 Å².